The highest BCUT2D eigenvalue weighted by atomic mass is 16.5. The van der Waals surface area contributed by atoms with E-state index in [9.17, 15) is 14.4 Å². The zero-order valence-electron chi connectivity index (χ0n) is 17.7. The third kappa shape index (κ3) is 4.13. The molecule has 0 atom stereocenters. The molecule has 6 nitrogen and oxygen atoms in total. The van der Waals surface area contributed by atoms with Crippen molar-refractivity contribution in [2.24, 2.45) is 0 Å². The molecular formula is C24H25NO5. The maximum atomic E-state index is 12.3. The number of ether oxygens (including phenoxy) is 1. The standard InChI is InChI=1S/C24H25NO5/c1-5-25(6-2)21-14-22-18(13-20(24(28)30-22)23(27)29-7-3)12-19(21)17-10-8-16(9-11-17)15(4)26/h8-14H,5-7H2,1-4H3. The van der Waals surface area contributed by atoms with Crippen molar-refractivity contribution in [3.8, 4) is 11.1 Å². The molecule has 0 aliphatic carbocycles. The van der Waals surface area contributed by atoms with Gasteiger partial charge in [0.2, 0.25) is 0 Å². The van der Waals surface area contributed by atoms with Crippen LogP contribution in [0.1, 0.15) is 48.4 Å². The van der Waals surface area contributed by atoms with Crippen molar-refractivity contribution in [3.05, 3.63) is 64.0 Å². The Morgan fingerprint density at radius 3 is 2.23 bits per heavy atom. The van der Waals surface area contributed by atoms with E-state index in [0.29, 0.717) is 16.5 Å². The number of nitrogens with zero attached hydrogens (tertiary/aromatic N) is 1. The Kier molecular flexibility index (Phi) is 6.35. The van der Waals surface area contributed by atoms with E-state index in [1.54, 1.807) is 19.1 Å². The summed E-state index contributed by atoms with van der Waals surface area (Å²) in [5.41, 5.74) is 2.95. The van der Waals surface area contributed by atoms with Crippen LogP contribution in [0.4, 0.5) is 5.69 Å². The van der Waals surface area contributed by atoms with Crippen LogP contribution in [0.15, 0.2) is 51.7 Å². The van der Waals surface area contributed by atoms with Gasteiger partial charge in [-0.25, -0.2) is 9.59 Å². The summed E-state index contributed by atoms with van der Waals surface area (Å²) in [6.45, 7) is 9.03. The maximum Gasteiger partial charge on any atom is 0.351 e. The molecule has 1 aromatic heterocycles. The predicted octanol–water partition coefficient (Wildman–Crippen LogP) is 4.69. The van der Waals surface area contributed by atoms with Gasteiger partial charge in [-0.1, -0.05) is 24.3 Å². The van der Waals surface area contributed by atoms with Crippen molar-refractivity contribution in [1.82, 2.24) is 0 Å². The van der Waals surface area contributed by atoms with Crippen LogP contribution in [-0.4, -0.2) is 31.4 Å². The van der Waals surface area contributed by atoms with Crippen LogP contribution in [0.25, 0.3) is 22.1 Å². The van der Waals surface area contributed by atoms with Crippen molar-refractivity contribution >= 4 is 28.4 Å². The first kappa shape index (κ1) is 21.3. The number of Topliss-reactive ketones (excluding diaryl/α,β-unsaturated/α-hetero) is 1. The average molecular weight is 407 g/mol. The van der Waals surface area contributed by atoms with Gasteiger partial charge in [-0.05, 0) is 45.4 Å². The molecule has 0 radical (unpaired) electrons. The highest BCUT2D eigenvalue weighted by molar-refractivity contribution is 5.98. The van der Waals surface area contributed by atoms with Gasteiger partial charge in [0.1, 0.15) is 11.1 Å². The van der Waals surface area contributed by atoms with Gasteiger partial charge in [0, 0.05) is 41.4 Å². The van der Waals surface area contributed by atoms with Crippen molar-refractivity contribution in [2.75, 3.05) is 24.6 Å². The Morgan fingerprint density at radius 1 is 1.00 bits per heavy atom. The normalized spacial score (nSPS) is 10.8. The Hall–Kier alpha value is -3.41. The number of rotatable bonds is 7. The summed E-state index contributed by atoms with van der Waals surface area (Å²) in [7, 11) is 0. The fourth-order valence-electron chi connectivity index (χ4n) is 3.45. The molecule has 0 unspecified atom stereocenters. The first-order valence-electron chi connectivity index (χ1n) is 10.0. The van der Waals surface area contributed by atoms with E-state index >= 15 is 0 Å². The minimum absolute atomic E-state index is 0.00452. The largest absolute Gasteiger partial charge is 0.462 e. The van der Waals surface area contributed by atoms with Gasteiger partial charge in [0.25, 0.3) is 0 Å². The van der Waals surface area contributed by atoms with E-state index in [2.05, 4.69) is 18.7 Å². The molecule has 6 heteroatoms. The molecule has 0 N–H and O–H groups in total. The number of carbonyl (C=O) groups excluding carboxylic acids is 2. The van der Waals surface area contributed by atoms with Crippen LogP contribution in [-0.2, 0) is 4.74 Å². The fraction of sp³-hybridized carbons (Fsp3) is 0.292. The molecule has 156 valence electrons. The van der Waals surface area contributed by atoms with Gasteiger partial charge in [-0.15, -0.1) is 0 Å². The van der Waals surface area contributed by atoms with E-state index in [1.807, 2.05) is 24.3 Å². The number of ketones is 1. The molecule has 0 amide bonds. The summed E-state index contributed by atoms with van der Waals surface area (Å²) in [5, 5.41) is 0.624. The van der Waals surface area contributed by atoms with Gasteiger partial charge in [0.15, 0.2) is 5.78 Å². The zero-order chi connectivity index (χ0) is 21.8. The molecule has 30 heavy (non-hydrogen) atoms. The van der Waals surface area contributed by atoms with Crippen LogP contribution in [0.5, 0.6) is 0 Å². The number of hydrogen-bond donors (Lipinski definition) is 0. The van der Waals surface area contributed by atoms with Crippen molar-refractivity contribution in [3.63, 3.8) is 0 Å². The lowest BCUT2D eigenvalue weighted by Gasteiger charge is -2.25. The highest BCUT2D eigenvalue weighted by Crippen LogP contribution is 2.35. The second-order valence-electron chi connectivity index (χ2n) is 6.88. The zero-order valence-corrected chi connectivity index (χ0v) is 17.7. The quantitative estimate of drug-likeness (QED) is 0.321. The molecule has 2 aromatic carbocycles. The van der Waals surface area contributed by atoms with Gasteiger partial charge in [0.05, 0.1) is 6.61 Å². The lowest BCUT2D eigenvalue weighted by molar-refractivity contribution is 0.0521. The van der Waals surface area contributed by atoms with Gasteiger partial charge in [-0.2, -0.15) is 0 Å². The molecule has 0 saturated carbocycles. The number of anilines is 1. The van der Waals surface area contributed by atoms with Crippen LogP contribution in [0.2, 0.25) is 0 Å². The van der Waals surface area contributed by atoms with Crippen LogP contribution < -0.4 is 10.5 Å². The van der Waals surface area contributed by atoms with E-state index in [-0.39, 0.29) is 18.0 Å². The highest BCUT2D eigenvalue weighted by Gasteiger charge is 2.18. The Morgan fingerprint density at radius 2 is 1.67 bits per heavy atom. The molecule has 0 spiro atoms. The first-order valence-corrected chi connectivity index (χ1v) is 10.0. The summed E-state index contributed by atoms with van der Waals surface area (Å²) in [4.78, 5) is 38.2. The third-order valence-corrected chi connectivity index (χ3v) is 5.05. The number of hydrogen-bond acceptors (Lipinski definition) is 6. The van der Waals surface area contributed by atoms with Crippen molar-refractivity contribution < 1.29 is 18.7 Å². The second kappa shape index (κ2) is 8.95. The second-order valence-corrected chi connectivity index (χ2v) is 6.88. The van der Waals surface area contributed by atoms with E-state index in [4.69, 9.17) is 9.15 Å². The average Bonchev–Trinajstić information content (AvgIpc) is 2.74. The number of fused-ring (bicyclic) bond motifs is 1. The minimum Gasteiger partial charge on any atom is -0.462 e. The molecule has 1 heterocycles. The summed E-state index contributed by atoms with van der Waals surface area (Å²) in [6, 6.07) is 12.6. The number of benzene rings is 2. The van der Waals surface area contributed by atoms with E-state index in [1.165, 1.54) is 13.0 Å². The summed E-state index contributed by atoms with van der Waals surface area (Å²) < 4.78 is 10.4. The summed E-state index contributed by atoms with van der Waals surface area (Å²) >= 11 is 0. The van der Waals surface area contributed by atoms with Gasteiger partial charge in [-0.3, -0.25) is 4.79 Å². The monoisotopic (exact) mass is 407 g/mol. The molecule has 0 aliphatic heterocycles. The summed E-state index contributed by atoms with van der Waals surface area (Å²) in [6.07, 6.45) is 0. The molecule has 0 saturated heterocycles. The molecule has 0 bridgehead atoms. The minimum atomic E-state index is -0.718. The molecular weight excluding hydrogens is 382 g/mol. The Bertz CT molecular complexity index is 1140. The lowest BCUT2D eigenvalue weighted by atomic mass is 9.98. The topological polar surface area (TPSA) is 76.8 Å². The third-order valence-electron chi connectivity index (χ3n) is 5.05. The SMILES string of the molecule is CCOC(=O)c1cc2cc(-c3ccc(C(C)=O)cc3)c(N(CC)CC)cc2oc1=O. The molecule has 3 aromatic rings. The predicted molar refractivity (Wildman–Crippen MR) is 117 cm³/mol. The number of carbonyl (C=O) groups is 2. The lowest BCUT2D eigenvalue weighted by Crippen LogP contribution is -2.22. The Labute approximate surface area is 175 Å². The van der Waals surface area contributed by atoms with Crippen LogP contribution in [0.3, 0.4) is 0 Å². The molecule has 0 aliphatic rings. The Balaban J connectivity index is 2.24. The smallest absolute Gasteiger partial charge is 0.351 e. The molecule has 0 fully saturated rings. The van der Waals surface area contributed by atoms with Gasteiger partial charge >= 0.3 is 11.6 Å². The number of esters is 1. The van der Waals surface area contributed by atoms with Crippen molar-refractivity contribution in [1.29, 1.82) is 0 Å². The van der Waals surface area contributed by atoms with Crippen LogP contribution >= 0.6 is 0 Å². The van der Waals surface area contributed by atoms with E-state index in [0.717, 1.165) is 29.9 Å². The van der Waals surface area contributed by atoms with Crippen LogP contribution in [0, 0.1) is 0 Å². The summed E-state index contributed by atoms with van der Waals surface area (Å²) in [5.74, 6) is -0.696. The van der Waals surface area contributed by atoms with Gasteiger partial charge < -0.3 is 14.1 Å². The van der Waals surface area contributed by atoms with E-state index < -0.39 is 11.6 Å². The fourth-order valence-corrected chi connectivity index (χ4v) is 3.45. The first-order chi connectivity index (χ1) is 14.4. The maximum absolute atomic E-state index is 12.3. The molecule has 3 rings (SSSR count). The van der Waals surface area contributed by atoms with Crippen molar-refractivity contribution in [2.45, 2.75) is 27.7 Å².